The molecule has 6 heteroatoms. The molecule has 1 saturated carbocycles. The molecule has 0 bridgehead atoms. The van der Waals surface area contributed by atoms with Gasteiger partial charge in [-0.3, -0.25) is 14.8 Å². The molecule has 1 aromatic carbocycles. The van der Waals surface area contributed by atoms with Gasteiger partial charge in [0.1, 0.15) is 5.41 Å². The van der Waals surface area contributed by atoms with Crippen LogP contribution in [0.3, 0.4) is 0 Å². The Labute approximate surface area is 150 Å². The first-order chi connectivity index (χ1) is 12.5. The molecule has 4 rings (SSSR count). The van der Waals surface area contributed by atoms with E-state index in [1.54, 1.807) is 18.6 Å². The zero-order valence-electron chi connectivity index (χ0n) is 14.2. The van der Waals surface area contributed by atoms with Gasteiger partial charge in [0.2, 0.25) is 5.91 Å². The van der Waals surface area contributed by atoms with Crippen molar-refractivity contribution in [3.8, 4) is 17.2 Å². The van der Waals surface area contributed by atoms with Crippen LogP contribution >= 0.6 is 0 Å². The first kappa shape index (κ1) is 16.0. The molecular formula is C20H17N5O. The maximum Gasteiger partial charge on any atom is 0.231 e. The minimum absolute atomic E-state index is 0.409. The van der Waals surface area contributed by atoms with Crippen LogP contribution in [0.5, 0.6) is 0 Å². The standard InChI is InChI=1S/C20H17N5O/c1-11-16(9-24-10-17(11)22)12-2-3-13-8-25-18(5-14(13)4-12)20(19(23)26)6-15(20)7-21/h2-5,8-10,15H,6,22H2,1H3,(H2,23,26). The van der Waals surface area contributed by atoms with Gasteiger partial charge in [-0.25, -0.2) is 0 Å². The van der Waals surface area contributed by atoms with E-state index in [2.05, 4.69) is 16.0 Å². The number of nitrogens with two attached hydrogens (primary N) is 2. The number of nitrogens with zero attached hydrogens (tertiary/aromatic N) is 3. The highest BCUT2D eigenvalue weighted by atomic mass is 16.1. The van der Waals surface area contributed by atoms with E-state index in [0.717, 1.165) is 27.5 Å². The smallest absolute Gasteiger partial charge is 0.231 e. The van der Waals surface area contributed by atoms with Crippen molar-refractivity contribution in [3.05, 3.63) is 54.1 Å². The Morgan fingerprint density at radius 1 is 1.27 bits per heavy atom. The fourth-order valence-electron chi connectivity index (χ4n) is 3.49. The molecule has 2 atom stereocenters. The number of hydrogen-bond donors (Lipinski definition) is 2. The molecule has 6 nitrogen and oxygen atoms in total. The van der Waals surface area contributed by atoms with Gasteiger partial charge in [0.05, 0.1) is 29.6 Å². The average Bonchev–Trinajstić information content (AvgIpc) is 3.39. The zero-order chi connectivity index (χ0) is 18.5. The van der Waals surface area contributed by atoms with Crippen molar-refractivity contribution in [3.63, 3.8) is 0 Å². The maximum absolute atomic E-state index is 12.0. The molecule has 0 radical (unpaired) electrons. The van der Waals surface area contributed by atoms with Crippen molar-refractivity contribution in [2.75, 3.05) is 5.73 Å². The van der Waals surface area contributed by atoms with Crippen molar-refractivity contribution < 1.29 is 4.79 Å². The summed E-state index contributed by atoms with van der Waals surface area (Å²) in [6.45, 7) is 1.96. The second kappa shape index (κ2) is 5.53. The first-order valence-corrected chi connectivity index (χ1v) is 8.27. The highest BCUT2D eigenvalue weighted by Gasteiger charge is 2.62. The van der Waals surface area contributed by atoms with Gasteiger partial charge in [0, 0.05) is 23.3 Å². The molecule has 2 aromatic heterocycles. The van der Waals surface area contributed by atoms with Crippen LogP contribution < -0.4 is 11.5 Å². The van der Waals surface area contributed by atoms with Gasteiger partial charge in [-0.05, 0) is 42.0 Å². The van der Waals surface area contributed by atoms with E-state index in [-0.39, 0.29) is 0 Å². The van der Waals surface area contributed by atoms with Gasteiger partial charge in [-0.1, -0.05) is 12.1 Å². The van der Waals surface area contributed by atoms with Crippen LogP contribution in [0.1, 0.15) is 17.7 Å². The van der Waals surface area contributed by atoms with Crippen LogP contribution in [-0.4, -0.2) is 15.9 Å². The summed E-state index contributed by atoms with van der Waals surface area (Å²) in [6.07, 6.45) is 5.56. The number of nitrogen functional groups attached to an aromatic ring is 1. The average molecular weight is 343 g/mol. The number of nitriles is 1. The number of hydrogen-bond acceptors (Lipinski definition) is 5. The largest absolute Gasteiger partial charge is 0.397 e. The van der Waals surface area contributed by atoms with E-state index in [1.165, 1.54) is 0 Å². The minimum atomic E-state index is -0.965. The van der Waals surface area contributed by atoms with Crippen LogP contribution in [0.4, 0.5) is 5.69 Å². The Kier molecular flexibility index (Phi) is 3.41. The van der Waals surface area contributed by atoms with Crippen LogP contribution in [0, 0.1) is 24.2 Å². The van der Waals surface area contributed by atoms with Crippen LogP contribution in [0.2, 0.25) is 0 Å². The number of aromatic nitrogens is 2. The monoisotopic (exact) mass is 343 g/mol. The molecule has 2 unspecified atom stereocenters. The summed E-state index contributed by atoms with van der Waals surface area (Å²) in [6, 6.07) is 9.98. The second-order valence-electron chi connectivity index (χ2n) is 6.75. The molecule has 3 aromatic rings. The number of primary amides is 1. The first-order valence-electron chi connectivity index (χ1n) is 8.27. The van der Waals surface area contributed by atoms with Crippen molar-refractivity contribution in [2.45, 2.75) is 18.8 Å². The van der Waals surface area contributed by atoms with Crippen molar-refractivity contribution >= 4 is 22.4 Å². The third-order valence-corrected chi connectivity index (χ3v) is 5.30. The van der Waals surface area contributed by atoms with Gasteiger partial charge >= 0.3 is 0 Å². The van der Waals surface area contributed by atoms with Crippen molar-refractivity contribution in [2.24, 2.45) is 11.7 Å². The van der Waals surface area contributed by atoms with Gasteiger partial charge < -0.3 is 11.5 Å². The van der Waals surface area contributed by atoms with Crippen molar-refractivity contribution in [1.29, 1.82) is 5.26 Å². The minimum Gasteiger partial charge on any atom is -0.397 e. The number of amides is 1. The molecule has 1 aliphatic carbocycles. The number of carbonyl (C=O) groups excluding carboxylic acids is 1. The van der Waals surface area contributed by atoms with Crippen LogP contribution in [0.15, 0.2) is 42.9 Å². The quantitative estimate of drug-likeness (QED) is 0.757. The molecule has 0 saturated heterocycles. The Balaban J connectivity index is 1.85. The molecule has 0 aliphatic heterocycles. The Hall–Kier alpha value is -3.46. The van der Waals surface area contributed by atoms with Gasteiger partial charge in [0.15, 0.2) is 0 Å². The van der Waals surface area contributed by atoms with Crippen LogP contribution in [0.25, 0.3) is 21.9 Å². The number of benzene rings is 1. The number of pyridine rings is 2. The lowest BCUT2D eigenvalue weighted by atomic mass is 9.94. The number of anilines is 1. The highest BCUT2D eigenvalue weighted by molar-refractivity contribution is 5.93. The summed E-state index contributed by atoms with van der Waals surface area (Å²) in [4.78, 5) is 20.6. The molecular weight excluding hydrogens is 326 g/mol. The highest BCUT2D eigenvalue weighted by Crippen LogP contribution is 2.53. The molecule has 4 N–H and O–H groups in total. The van der Waals surface area contributed by atoms with E-state index >= 15 is 0 Å². The molecule has 2 heterocycles. The van der Waals surface area contributed by atoms with Gasteiger partial charge in [0.25, 0.3) is 0 Å². The fraction of sp³-hybridized carbons (Fsp3) is 0.200. The van der Waals surface area contributed by atoms with Gasteiger partial charge in [-0.2, -0.15) is 5.26 Å². The lowest BCUT2D eigenvalue weighted by Crippen LogP contribution is -2.31. The third-order valence-electron chi connectivity index (χ3n) is 5.30. The molecule has 0 spiro atoms. The summed E-state index contributed by atoms with van der Waals surface area (Å²) in [5, 5.41) is 11.1. The van der Waals surface area contributed by atoms with Crippen LogP contribution in [-0.2, 0) is 10.2 Å². The zero-order valence-corrected chi connectivity index (χ0v) is 14.2. The summed E-state index contributed by atoms with van der Waals surface area (Å²) in [5.74, 6) is -0.906. The lowest BCUT2D eigenvalue weighted by Gasteiger charge is -2.13. The van der Waals surface area contributed by atoms with E-state index in [1.807, 2.05) is 31.2 Å². The fourth-order valence-corrected chi connectivity index (χ4v) is 3.49. The summed E-state index contributed by atoms with van der Waals surface area (Å²) < 4.78 is 0. The van der Waals surface area contributed by atoms with E-state index in [9.17, 15) is 10.1 Å². The Bertz CT molecular complexity index is 1100. The van der Waals surface area contributed by atoms with Crippen molar-refractivity contribution in [1.82, 2.24) is 9.97 Å². The molecule has 1 amide bonds. The van der Waals surface area contributed by atoms with E-state index < -0.39 is 17.2 Å². The molecule has 1 aliphatic rings. The summed E-state index contributed by atoms with van der Waals surface area (Å²) >= 11 is 0. The normalized spacial score (nSPS) is 21.3. The predicted molar refractivity (Wildman–Crippen MR) is 98.7 cm³/mol. The molecule has 26 heavy (non-hydrogen) atoms. The van der Waals surface area contributed by atoms with E-state index in [4.69, 9.17) is 11.5 Å². The summed E-state index contributed by atoms with van der Waals surface area (Å²) in [7, 11) is 0. The topological polar surface area (TPSA) is 119 Å². The Morgan fingerprint density at radius 2 is 2.08 bits per heavy atom. The maximum atomic E-state index is 12.0. The van der Waals surface area contributed by atoms with Gasteiger partial charge in [-0.15, -0.1) is 0 Å². The third kappa shape index (κ3) is 2.21. The molecule has 128 valence electrons. The predicted octanol–water partition coefficient (Wildman–Crippen LogP) is 2.45. The number of rotatable bonds is 3. The Morgan fingerprint density at radius 3 is 2.77 bits per heavy atom. The lowest BCUT2D eigenvalue weighted by molar-refractivity contribution is -0.120. The number of fused-ring (bicyclic) bond motifs is 1. The molecule has 1 fully saturated rings. The number of carbonyl (C=O) groups is 1. The van der Waals surface area contributed by atoms with E-state index in [0.29, 0.717) is 17.8 Å². The SMILES string of the molecule is Cc1c(N)cncc1-c1ccc2cnc(C3(C(N)=O)CC3C#N)cc2c1. The second-order valence-corrected chi connectivity index (χ2v) is 6.75. The summed E-state index contributed by atoms with van der Waals surface area (Å²) in [5.41, 5.74) is 14.7.